The number of rotatable bonds is 6. The Bertz CT molecular complexity index is 369. The van der Waals surface area contributed by atoms with Crippen LogP contribution in [0.4, 0.5) is 0 Å². The molecule has 1 N–H and O–H groups in total. The molecular weight excluding hydrogens is 234 g/mol. The number of methoxy groups -OCH3 is 2. The van der Waals surface area contributed by atoms with Gasteiger partial charge in [0, 0.05) is 17.2 Å². The maximum atomic E-state index is 5.50. The molecule has 0 radical (unpaired) electrons. The average Bonchev–Trinajstić information content (AvgIpc) is 2.35. The van der Waals surface area contributed by atoms with Gasteiger partial charge in [-0.05, 0) is 32.2 Å². The van der Waals surface area contributed by atoms with E-state index < -0.39 is 0 Å². The minimum atomic E-state index is 0.257. The number of hydrogen-bond donors (Lipinski definition) is 2. The SMILES string of the molecule is CNC(CCS)c1ccc(OC)c(C)c1OC. The lowest BCUT2D eigenvalue weighted by molar-refractivity contribution is 0.380. The van der Waals surface area contributed by atoms with Crippen molar-refractivity contribution in [3.05, 3.63) is 23.3 Å². The molecule has 0 fully saturated rings. The van der Waals surface area contributed by atoms with E-state index in [9.17, 15) is 0 Å². The summed E-state index contributed by atoms with van der Waals surface area (Å²) >= 11 is 4.29. The summed E-state index contributed by atoms with van der Waals surface area (Å²) in [5, 5.41) is 3.29. The fourth-order valence-electron chi connectivity index (χ4n) is 2.05. The summed E-state index contributed by atoms with van der Waals surface area (Å²) in [6.45, 7) is 2.01. The summed E-state index contributed by atoms with van der Waals surface area (Å²) in [5.74, 6) is 2.58. The van der Waals surface area contributed by atoms with Gasteiger partial charge < -0.3 is 14.8 Å². The van der Waals surface area contributed by atoms with E-state index >= 15 is 0 Å². The van der Waals surface area contributed by atoms with Crippen LogP contribution in [0.25, 0.3) is 0 Å². The van der Waals surface area contributed by atoms with E-state index in [1.165, 1.54) is 0 Å². The molecule has 1 atom stereocenters. The molecule has 96 valence electrons. The van der Waals surface area contributed by atoms with Crippen molar-refractivity contribution >= 4 is 12.6 Å². The number of ether oxygens (including phenoxy) is 2. The first kappa shape index (κ1) is 14.2. The largest absolute Gasteiger partial charge is 0.496 e. The minimum absolute atomic E-state index is 0.257. The zero-order valence-corrected chi connectivity index (χ0v) is 11.8. The molecule has 17 heavy (non-hydrogen) atoms. The summed E-state index contributed by atoms with van der Waals surface area (Å²) < 4.78 is 10.8. The second-order valence-electron chi connectivity index (χ2n) is 3.87. The van der Waals surface area contributed by atoms with Crippen LogP contribution in [0.1, 0.15) is 23.6 Å². The fraction of sp³-hybridized carbons (Fsp3) is 0.538. The van der Waals surface area contributed by atoms with Crippen LogP contribution in [0.5, 0.6) is 11.5 Å². The van der Waals surface area contributed by atoms with E-state index in [1.54, 1.807) is 14.2 Å². The molecule has 0 bridgehead atoms. The van der Waals surface area contributed by atoms with Gasteiger partial charge in [0.05, 0.1) is 14.2 Å². The molecular formula is C13H21NO2S. The molecule has 1 rings (SSSR count). The Morgan fingerprint density at radius 2 is 2.00 bits per heavy atom. The van der Waals surface area contributed by atoms with Crippen molar-refractivity contribution in [2.24, 2.45) is 0 Å². The Morgan fingerprint density at radius 1 is 1.29 bits per heavy atom. The Morgan fingerprint density at radius 3 is 2.47 bits per heavy atom. The summed E-state index contributed by atoms with van der Waals surface area (Å²) in [7, 11) is 5.32. The zero-order chi connectivity index (χ0) is 12.8. The molecule has 0 heterocycles. The maximum absolute atomic E-state index is 5.50. The topological polar surface area (TPSA) is 30.5 Å². The standard InChI is InChI=1S/C13H21NO2S/c1-9-12(15-3)6-5-10(13(9)16-4)11(14-2)7-8-17/h5-6,11,14,17H,7-8H2,1-4H3. The number of hydrogen-bond acceptors (Lipinski definition) is 4. The third kappa shape index (κ3) is 3.07. The molecule has 0 aliphatic heterocycles. The molecule has 0 saturated heterocycles. The van der Waals surface area contributed by atoms with E-state index in [1.807, 2.05) is 20.0 Å². The van der Waals surface area contributed by atoms with Gasteiger partial charge in [0.1, 0.15) is 11.5 Å². The van der Waals surface area contributed by atoms with Crippen molar-refractivity contribution in [1.82, 2.24) is 5.32 Å². The predicted molar refractivity (Wildman–Crippen MR) is 74.6 cm³/mol. The Kier molecular flexibility index (Phi) is 5.65. The number of thiol groups is 1. The number of benzene rings is 1. The van der Waals surface area contributed by atoms with Crippen molar-refractivity contribution in [1.29, 1.82) is 0 Å². The van der Waals surface area contributed by atoms with Crippen molar-refractivity contribution in [2.75, 3.05) is 27.0 Å². The summed E-state index contributed by atoms with van der Waals surface area (Å²) in [5.41, 5.74) is 2.19. The molecule has 0 spiro atoms. The van der Waals surface area contributed by atoms with Crippen LogP contribution in [-0.4, -0.2) is 27.0 Å². The molecule has 1 unspecified atom stereocenters. The highest BCUT2D eigenvalue weighted by molar-refractivity contribution is 7.80. The summed E-state index contributed by atoms with van der Waals surface area (Å²) in [4.78, 5) is 0. The first-order chi connectivity index (χ1) is 8.19. The molecule has 4 heteroatoms. The van der Waals surface area contributed by atoms with Gasteiger partial charge in [0.25, 0.3) is 0 Å². The molecule has 1 aromatic carbocycles. The smallest absolute Gasteiger partial charge is 0.130 e. The zero-order valence-electron chi connectivity index (χ0n) is 10.9. The minimum Gasteiger partial charge on any atom is -0.496 e. The molecule has 0 aliphatic rings. The number of nitrogens with one attached hydrogen (secondary N) is 1. The molecule has 0 amide bonds. The molecule has 0 saturated carbocycles. The van der Waals surface area contributed by atoms with Gasteiger partial charge in [-0.15, -0.1) is 0 Å². The monoisotopic (exact) mass is 255 g/mol. The first-order valence-corrected chi connectivity index (χ1v) is 6.32. The van der Waals surface area contributed by atoms with Crippen molar-refractivity contribution in [2.45, 2.75) is 19.4 Å². The van der Waals surface area contributed by atoms with Gasteiger partial charge in [-0.2, -0.15) is 12.6 Å². The second kappa shape index (κ2) is 6.77. The Labute approximate surface area is 109 Å². The van der Waals surface area contributed by atoms with E-state index in [0.29, 0.717) is 0 Å². The van der Waals surface area contributed by atoms with Crippen LogP contribution in [0, 0.1) is 6.92 Å². The molecule has 0 aromatic heterocycles. The van der Waals surface area contributed by atoms with Crippen LogP contribution >= 0.6 is 12.6 Å². The maximum Gasteiger partial charge on any atom is 0.130 e. The van der Waals surface area contributed by atoms with E-state index in [-0.39, 0.29) is 6.04 Å². The lowest BCUT2D eigenvalue weighted by Crippen LogP contribution is -2.18. The van der Waals surface area contributed by atoms with Gasteiger partial charge in [0.15, 0.2) is 0 Å². The highest BCUT2D eigenvalue weighted by Gasteiger charge is 2.17. The first-order valence-electron chi connectivity index (χ1n) is 5.69. The molecule has 1 aromatic rings. The third-order valence-electron chi connectivity index (χ3n) is 2.95. The van der Waals surface area contributed by atoms with Gasteiger partial charge in [-0.3, -0.25) is 0 Å². The van der Waals surface area contributed by atoms with Gasteiger partial charge in [-0.25, -0.2) is 0 Å². The third-order valence-corrected chi connectivity index (χ3v) is 3.21. The van der Waals surface area contributed by atoms with Crippen LogP contribution in [-0.2, 0) is 0 Å². The lowest BCUT2D eigenvalue weighted by atomic mass is 10.00. The summed E-state index contributed by atoms with van der Waals surface area (Å²) in [6, 6.07) is 4.29. The van der Waals surface area contributed by atoms with Crippen LogP contribution in [0.3, 0.4) is 0 Å². The molecule has 0 aliphatic carbocycles. The van der Waals surface area contributed by atoms with E-state index in [4.69, 9.17) is 9.47 Å². The van der Waals surface area contributed by atoms with Crippen LogP contribution < -0.4 is 14.8 Å². The summed E-state index contributed by atoms with van der Waals surface area (Å²) in [6.07, 6.45) is 0.960. The van der Waals surface area contributed by atoms with Gasteiger partial charge in [-0.1, -0.05) is 6.07 Å². The fourth-order valence-corrected chi connectivity index (χ4v) is 2.30. The molecule has 3 nitrogen and oxygen atoms in total. The van der Waals surface area contributed by atoms with Crippen LogP contribution in [0.15, 0.2) is 12.1 Å². The Balaban J connectivity index is 3.18. The average molecular weight is 255 g/mol. The predicted octanol–water partition coefficient (Wildman–Crippen LogP) is 2.59. The lowest BCUT2D eigenvalue weighted by Gasteiger charge is -2.21. The quantitative estimate of drug-likeness (QED) is 0.766. The van der Waals surface area contributed by atoms with Crippen molar-refractivity contribution in [3.63, 3.8) is 0 Å². The normalized spacial score (nSPS) is 12.3. The highest BCUT2D eigenvalue weighted by atomic mass is 32.1. The van der Waals surface area contributed by atoms with Gasteiger partial charge >= 0.3 is 0 Å². The highest BCUT2D eigenvalue weighted by Crippen LogP contribution is 2.35. The van der Waals surface area contributed by atoms with E-state index in [2.05, 4.69) is 24.0 Å². The van der Waals surface area contributed by atoms with E-state index in [0.717, 1.165) is 34.8 Å². The van der Waals surface area contributed by atoms with Gasteiger partial charge in [0.2, 0.25) is 0 Å². The second-order valence-corrected chi connectivity index (χ2v) is 4.32. The van der Waals surface area contributed by atoms with Crippen molar-refractivity contribution < 1.29 is 9.47 Å². The van der Waals surface area contributed by atoms with Crippen molar-refractivity contribution in [3.8, 4) is 11.5 Å². The Hall–Kier alpha value is -0.870. The van der Waals surface area contributed by atoms with Crippen LogP contribution in [0.2, 0.25) is 0 Å².